The molecule has 18 heavy (non-hydrogen) atoms. The summed E-state index contributed by atoms with van der Waals surface area (Å²) in [6, 6.07) is 3.78. The number of hydrogen-bond acceptors (Lipinski definition) is 2. The number of amides is 1. The lowest BCUT2D eigenvalue weighted by Crippen LogP contribution is -2.27. The molecule has 2 heterocycles. The summed E-state index contributed by atoms with van der Waals surface area (Å²) < 4.78 is 3.85. The highest BCUT2D eigenvalue weighted by Crippen LogP contribution is 2.05. The Morgan fingerprint density at radius 2 is 2.17 bits per heavy atom. The molecule has 0 aromatic carbocycles. The normalized spacial score (nSPS) is 10.6. The van der Waals surface area contributed by atoms with Crippen LogP contribution in [0.1, 0.15) is 21.9 Å². The van der Waals surface area contributed by atoms with Gasteiger partial charge in [-0.05, 0) is 19.1 Å². The monoisotopic (exact) mass is 246 g/mol. The molecule has 0 unspecified atom stereocenters. The Morgan fingerprint density at radius 1 is 1.39 bits per heavy atom. The first-order chi connectivity index (χ1) is 8.59. The average molecular weight is 246 g/mol. The summed E-state index contributed by atoms with van der Waals surface area (Å²) in [5, 5.41) is 2.92. The second-order valence-electron chi connectivity index (χ2n) is 4.42. The van der Waals surface area contributed by atoms with E-state index in [0.29, 0.717) is 12.2 Å². The van der Waals surface area contributed by atoms with E-state index in [1.54, 1.807) is 6.33 Å². The van der Waals surface area contributed by atoms with Crippen molar-refractivity contribution < 1.29 is 4.79 Å². The molecule has 0 spiro atoms. The molecule has 0 fully saturated rings. The average Bonchev–Trinajstić information content (AvgIpc) is 2.88. The minimum absolute atomic E-state index is 0.0345. The highest BCUT2D eigenvalue weighted by molar-refractivity contribution is 5.92. The van der Waals surface area contributed by atoms with Gasteiger partial charge in [0, 0.05) is 44.6 Å². The molecule has 0 aliphatic rings. The number of aryl methyl sites for hydroxylation is 2. The quantitative estimate of drug-likeness (QED) is 0.876. The van der Waals surface area contributed by atoms with Gasteiger partial charge in [0.05, 0.1) is 6.33 Å². The Kier molecular flexibility index (Phi) is 3.50. The van der Waals surface area contributed by atoms with Gasteiger partial charge in [-0.3, -0.25) is 4.79 Å². The number of carbonyl (C=O) groups is 1. The van der Waals surface area contributed by atoms with Crippen molar-refractivity contribution in [1.82, 2.24) is 19.4 Å². The van der Waals surface area contributed by atoms with E-state index in [1.165, 1.54) is 0 Å². The van der Waals surface area contributed by atoms with E-state index in [2.05, 4.69) is 10.3 Å². The SMILES string of the molecule is Cc1ccc(C(=O)NCCc2cncn2C)n1C. The van der Waals surface area contributed by atoms with Crippen LogP contribution in [-0.4, -0.2) is 26.6 Å². The van der Waals surface area contributed by atoms with Crippen LogP contribution in [0.5, 0.6) is 0 Å². The number of nitrogens with zero attached hydrogens (tertiary/aromatic N) is 3. The van der Waals surface area contributed by atoms with Gasteiger partial charge in [0.2, 0.25) is 0 Å². The molecule has 2 aromatic rings. The van der Waals surface area contributed by atoms with Crippen LogP contribution in [0.4, 0.5) is 0 Å². The van der Waals surface area contributed by atoms with E-state index in [9.17, 15) is 4.79 Å². The lowest BCUT2D eigenvalue weighted by Gasteiger charge is -2.07. The van der Waals surface area contributed by atoms with Crippen LogP contribution in [0.2, 0.25) is 0 Å². The van der Waals surface area contributed by atoms with Crippen LogP contribution in [0.25, 0.3) is 0 Å². The molecule has 5 heteroatoms. The van der Waals surface area contributed by atoms with Gasteiger partial charge in [0.15, 0.2) is 0 Å². The molecule has 5 nitrogen and oxygen atoms in total. The van der Waals surface area contributed by atoms with Gasteiger partial charge in [0.1, 0.15) is 5.69 Å². The first-order valence-corrected chi connectivity index (χ1v) is 5.95. The summed E-state index contributed by atoms with van der Waals surface area (Å²) in [5.41, 5.74) is 2.88. The Hall–Kier alpha value is -2.04. The Bertz CT molecular complexity index is 553. The molecule has 0 saturated carbocycles. The zero-order valence-corrected chi connectivity index (χ0v) is 11.0. The molecule has 0 saturated heterocycles. The van der Waals surface area contributed by atoms with Gasteiger partial charge >= 0.3 is 0 Å². The van der Waals surface area contributed by atoms with Crippen molar-refractivity contribution in [3.05, 3.63) is 41.7 Å². The second-order valence-corrected chi connectivity index (χ2v) is 4.42. The first-order valence-electron chi connectivity index (χ1n) is 5.95. The third-order valence-electron chi connectivity index (χ3n) is 3.19. The summed E-state index contributed by atoms with van der Waals surface area (Å²) in [7, 11) is 3.84. The Balaban J connectivity index is 1.89. The molecule has 0 atom stereocenters. The van der Waals surface area contributed by atoms with Gasteiger partial charge in [-0.25, -0.2) is 4.98 Å². The third kappa shape index (κ3) is 2.45. The van der Waals surface area contributed by atoms with E-state index in [-0.39, 0.29) is 5.91 Å². The number of hydrogen-bond donors (Lipinski definition) is 1. The van der Waals surface area contributed by atoms with Crippen molar-refractivity contribution in [2.75, 3.05) is 6.54 Å². The summed E-state index contributed by atoms with van der Waals surface area (Å²) in [4.78, 5) is 16.0. The smallest absolute Gasteiger partial charge is 0.267 e. The lowest BCUT2D eigenvalue weighted by molar-refractivity contribution is 0.0945. The predicted molar refractivity (Wildman–Crippen MR) is 69.4 cm³/mol. The molecule has 1 amide bonds. The molecule has 0 aliphatic carbocycles. The van der Waals surface area contributed by atoms with E-state index in [1.807, 2.05) is 48.5 Å². The van der Waals surface area contributed by atoms with Crippen molar-refractivity contribution in [2.45, 2.75) is 13.3 Å². The number of rotatable bonds is 4. The van der Waals surface area contributed by atoms with Crippen LogP contribution in [0.15, 0.2) is 24.7 Å². The summed E-state index contributed by atoms with van der Waals surface area (Å²) in [5.74, 6) is -0.0345. The van der Waals surface area contributed by atoms with Gasteiger partial charge < -0.3 is 14.5 Å². The maximum Gasteiger partial charge on any atom is 0.267 e. The van der Waals surface area contributed by atoms with Gasteiger partial charge in [-0.2, -0.15) is 0 Å². The topological polar surface area (TPSA) is 51.9 Å². The second kappa shape index (κ2) is 5.08. The van der Waals surface area contributed by atoms with E-state index in [4.69, 9.17) is 0 Å². The molecule has 0 aliphatic heterocycles. The third-order valence-corrected chi connectivity index (χ3v) is 3.19. The van der Waals surface area contributed by atoms with E-state index < -0.39 is 0 Å². The van der Waals surface area contributed by atoms with Gasteiger partial charge in [-0.1, -0.05) is 0 Å². The first kappa shape index (κ1) is 12.4. The van der Waals surface area contributed by atoms with E-state index >= 15 is 0 Å². The minimum Gasteiger partial charge on any atom is -0.350 e. The molecular weight excluding hydrogens is 228 g/mol. The van der Waals surface area contributed by atoms with E-state index in [0.717, 1.165) is 17.8 Å². The molecule has 1 N–H and O–H groups in total. The largest absolute Gasteiger partial charge is 0.350 e. The molecule has 2 rings (SSSR count). The van der Waals surface area contributed by atoms with Crippen molar-refractivity contribution in [3.63, 3.8) is 0 Å². The molecule has 0 radical (unpaired) electrons. The fourth-order valence-electron chi connectivity index (χ4n) is 1.86. The fourth-order valence-corrected chi connectivity index (χ4v) is 1.86. The van der Waals surface area contributed by atoms with Crippen molar-refractivity contribution in [3.8, 4) is 0 Å². The van der Waals surface area contributed by atoms with Crippen molar-refractivity contribution in [1.29, 1.82) is 0 Å². The molecule has 0 bridgehead atoms. The standard InChI is InChI=1S/C13H18N4O/c1-10-4-5-12(17(10)3)13(18)15-7-6-11-8-14-9-16(11)2/h4-5,8-9H,6-7H2,1-3H3,(H,15,18). The van der Waals surface area contributed by atoms with Crippen LogP contribution in [-0.2, 0) is 20.5 Å². The Labute approximate surface area is 106 Å². The highest BCUT2D eigenvalue weighted by atomic mass is 16.1. The van der Waals surface area contributed by atoms with Gasteiger partial charge in [0.25, 0.3) is 5.91 Å². The zero-order chi connectivity index (χ0) is 13.1. The number of nitrogens with one attached hydrogen (secondary N) is 1. The van der Waals surface area contributed by atoms with Crippen molar-refractivity contribution in [2.24, 2.45) is 14.1 Å². The minimum atomic E-state index is -0.0345. The molecule has 2 aromatic heterocycles. The van der Waals surface area contributed by atoms with Crippen LogP contribution in [0.3, 0.4) is 0 Å². The predicted octanol–water partition coefficient (Wildman–Crippen LogP) is 1.04. The van der Waals surface area contributed by atoms with Crippen LogP contribution in [0, 0.1) is 6.92 Å². The lowest BCUT2D eigenvalue weighted by atomic mass is 10.3. The molecular formula is C13H18N4O. The van der Waals surface area contributed by atoms with Gasteiger partial charge in [-0.15, -0.1) is 0 Å². The highest BCUT2D eigenvalue weighted by Gasteiger charge is 2.10. The number of imidazole rings is 1. The van der Waals surface area contributed by atoms with Crippen LogP contribution >= 0.6 is 0 Å². The molecule has 96 valence electrons. The summed E-state index contributed by atoms with van der Waals surface area (Å²) >= 11 is 0. The fraction of sp³-hybridized carbons (Fsp3) is 0.385. The number of carbonyl (C=O) groups excluding carboxylic acids is 1. The number of aromatic nitrogens is 3. The summed E-state index contributed by atoms with van der Waals surface area (Å²) in [6.07, 6.45) is 4.36. The maximum atomic E-state index is 11.9. The zero-order valence-electron chi connectivity index (χ0n) is 11.0. The maximum absolute atomic E-state index is 11.9. The summed E-state index contributed by atoms with van der Waals surface area (Å²) in [6.45, 7) is 2.59. The van der Waals surface area contributed by atoms with Crippen LogP contribution < -0.4 is 5.32 Å². The Morgan fingerprint density at radius 3 is 2.72 bits per heavy atom. The van der Waals surface area contributed by atoms with Crippen molar-refractivity contribution >= 4 is 5.91 Å².